The Bertz CT molecular complexity index is 213. The molecule has 0 saturated carbocycles. The van der Waals surface area contributed by atoms with Crippen molar-refractivity contribution in [1.82, 2.24) is 4.90 Å². The molecule has 0 fully saturated rings. The van der Waals surface area contributed by atoms with E-state index in [4.69, 9.17) is 10.5 Å². The lowest BCUT2D eigenvalue weighted by Crippen LogP contribution is -2.16. The van der Waals surface area contributed by atoms with Gasteiger partial charge in [0.05, 0.1) is 7.11 Å². The zero-order chi connectivity index (χ0) is 11.7. The number of ether oxygens (including phenoxy) is 1. The van der Waals surface area contributed by atoms with Crippen molar-refractivity contribution in [3.05, 3.63) is 11.6 Å². The molecule has 4 heteroatoms. The van der Waals surface area contributed by atoms with Crippen LogP contribution in [0.1, 0.15) is 19.3 Å². The second-order valence-electron chi connectivity index (χ2n) is 3.71. The number of methoxy groups -OCH3 is 1. The Morgan fingerprint density at radius 2 is 2.13 bits per heavy atom. The molecule has 0 bridgehead atoms. The summed E-state index contributed by atoms with van der Waals surface area (Å²) in [6.07, 6.45) is 4.41. The van der Waals surface area contributed by atoms with Gasteiger partial charge >= 0.3 is 5.97 Å². The van der Waals surface area contributed by atoms with Crippen molar-refractivity contribution in [2.75, 3.05) is 34.3 Å². The highest BCUT2D eigenvalue weighted by Gasteiger charge is 2.08. The average Bonchev–Trinajstić information content (AvgIpc) is 2.21. The van der Waals surface area contributed by atoms with Crippen LogP contribution in [0.2, 0.25) is 0 Å². The molecular formula is C11H22N2O2. The van der Waals surface area contributed by atoms with E-state index in [0.717, 1.165) is 31.4 Å². The second-order valence-corrected chi connectivity index (χ2v) is 3.71. The minimum Gasteiger partial charge on any atom is -0.466 e. The van der Waals surface area contributed by atoms with E-state index >= 15 is 0 Å². The van der Waals surface area contributed by atoms with E-state index in [0.29, 0.717) is 6.54 Å². The lowest BCUT2D eigenvalue weighted by atomic mass is 10.1. The number of hydrogen-bond donors (Lipinski definition) is 1. The van der Waals surface area contributed by atoms with Crippen molar-refractivity contribution in [2.24, 2.45) is 5.73 Å². The summed E-state index contributed by atoms with van der Waals surface area (Å²) in [4.78, 5) is 13.4. The number of nitrogens with two attached hydrogens (primary N) is 1. The van der Waals surface area contributed by atoms with Crippen molar-refractivity contribution >= 4 is 5.97 Å². The van der Waals surface area contributed by atoms with Crippen molar-refractivity contribution in [3.8, 4) is 0 Å². The van der Waals surface area contributed by atoms with Gasteiger partial charge in [-0.05, 0) is 39.9 Å². The summed E-state index contributed by atoms with van der Waals surface area (Å²) in [7, 11) is 5.37. The number of carbonyl (C=O) groups is 1. The van der Waals surface area contributed by atoms with E-state index in [2.05, 4.69) is 0 Å². The minimum atomic E-state index is -0.228. The zero-order valence-corrected chi connectivity index (χ0v) is 9.95. The quantitative estimate of drug-likeness (QED) is 0.386. The number of nitrogens with zero attached hydrogens (tertiary/aromatic N) is 1. The Morgan fingerprint density at radius 1 is 1.47 bits per heavy atom. The topological polar surface area (TPSA) is 55.6 Å². The standard InChI is InChI=1S/C11H22N2O2/c1-13(2)9-7-10(11(14)15-3)6-4-5-8-12/h6H,4-5,7-9,12H2,1-3H3. The molecule has 0 aliphatic rings. The lowest BCUT2D eigenvalue weighted by molar-refractivity contribution is -0.136. The smallest absolute Gasteiger partial charge is 0.333 e. The van der Waals surface area contributed by atoms with Gasteiger partial charge in [0.25, 0.3) is 0 Å². The fourth-order valence-electron chi connectivity index (χ4n) is 1.16. The lowest BCUT2D eigenvalue weighted by Gasteiger charge is -2.10. The number of esters is 1. The van der Waals surface area contributed by atoms with Gasteiger partial charge in [0, 0.05) is 12.1 Å². The molecule has 0 aliphatic heterocycles. The van der Waals surface area contributed by atoms with Crippen LogP contribution in [0.4, 0.5) is 0 Å². The van der Waals surface area contributed by atoms with Crippen LogP contribution in [0.5, 0.6) is 0 Å². The first kappa shape index (κ1) is 14.1. The maximum Gasteiger partial charge on any atom is 0.333 e. The summed E-state index contributed by atoms with van der Waals surface area (Å²) in [5.74, 6) is -0.228. The Labute approximate surface area is 92.1 Å². The third kappa shape index (κ3) is 7.11. The molecule has 2 N–H and O–H groups in total. The summed E-state index contributed by atoms with van der Waals surface area (Å²) in [5.41, 5.74) is 6.14. The molecule has 4 nitrogen and oxygen atoms in total. The van der Waals surface area contributed by atoms with Crippen LogP contribution >= 0.6 is 0 Å². The van der Waals surface area contributed by atoms with Crippen LogP contribution in [-0.4, -0.2) is 45.2 Å². The third-order valence-corrected chi connectivity index (χ3v) is 2.07. The largest absolute Gasteiger partial charge is 0.466 e. The van der Waals surface area contributed by atoms with Gasteiger partial charge in [-0.1, -0.05) is 6.08 Å². The fraction of sp³-hybridized carbons (Fsp3) is 0.727. The van der Waals surface area contributed by atoms with Crippen molar-refractivity contribution < 1.29 is 9.53 Å². The SMILES string of the molecule is COC(=O)C(=CCCCN)CCN(C)C. The molecule has 0 atom stereocenters. The van der Waals surface area contributed by atoms with Crippen LogP contribution in [0.15, 0.2) is 11.6 Å². The zero-order valence-electron chi connectivity index (χ0n) is 9.95. The van der Waals surface area contributed by atoms with Gasteiger partial charge in [0.2, 0.25) is 0 Å². The summed E-state index contributed by atoms with van der Waals surface area (Å²) in [6, 6.07) is 0. The van der Waals surface area contributed by atoms with E-state index in [1.807, 2.05) is 25.1 Å². The van der Waals surface area contributed by atoms with Crippen LogP contribution in [0.3, 0.4) is 0 Å². The number of carbonyl (C=O) groups excluding carboxylic acids is 1. The van der Waals surface area contributed by atoms with Crippen LogP contribution in [0.25, 0.3) is 0 Å². The molecular weight excluding hydrogens is 192 g/mol. The molecule has 0 radical (unpaired) electrons. The predicted octanol–water partition coefficient (Wildman–Crippen LogP) is 0.776. The molecule has 0 aromatic heterocycles. The molecule has 0 rings (SSSR count). The highest BCUT2D eigenvalue weighted by Crippen LogP contribution is 2.07. The number of unbranched alkanes of at least 4 members (excludes halogenated alkanes) is 1. The molecule has 0 aliphatic carbocycles. The van der Waals surface area contributed by atoms with Gasteiger partial charge in [-0.3, -0.25) is 0 Å². The normalized spacial score (nSPS) is 11.9. The summed E-state index contributed by atoms with van der Waals surface area (Å²) in [6.45, 7) is 1.50. The number of hydrogen-bond acceptors (Lipinski definition) is 4. The highest BCUT2D eigenvalue weighted by molar-refractivity contribution is 5.88. The van der Waals surface area contributed by atoms with E-state index < -0.39 is 0 Å². The van der Waals surface area contributed by atoms with Crippen molar-refractivity contribution in [2.45, 2.75) is 19.3 Å². The molecule has 0 saturated heterocycles. The van der Waals surface area contributed by atoms with Gasteiger partial charge in [-0.2, -0.15) is 0 Å². The van der Waals surface area contributed by atoms with Crippen LogP contribution in [-0.2, 0) is 9.53 Å². The van der Waals surface area contributed by atoms with E-state index in [-0.39, 0.29) is 5.97 Å². The Kier molecular flexibility index (Phi) is 7.95. The first-order valence-corrected chi connectivity index (χ1v) is 5.24. The summed E-state index contributed by atoms with van der Waals surface area (Å²) < 4.78 is 4.72. The number of rotatable bonds is 7. The van der Waals surface area contributed by atoms with Gasteiger partial charge < -0.3 is 15.4 Å². The van der Waals surface area contributed by atoms with Crippen LogP contribution in [0, 0.1) is 0 Å². The molecule has 0 unspecified atom stereocenters. The molecule has 0 aromatic carbocycles. The van der Waals surface area contributed by atoms with E-state index in [9.17, 15) is 4.79 Å². The average molecular weight is 214 g/mol. The van der Waals surface area contributed by atoms with Crippen molar-refractivity contribution in [3.63, 3.8) is 0 Å². The first-order valence-electron chi connectivity index (χ1n) is 5.24. The summed E-state index contributed by atoms with van der Waals surface area (Å²) in [5, 5.41) is 0. The maximum absolute atomic E-state index is 11.4. The molecule has 0 aromatic rings. The Morgan fingerprint density at radius 3 is 2.60 bits per heavy atom. The van der Waals surface area contributed by atoms with Gasteiger partial charge in [0.15, 0.2) is 0 Å². The van der Waals surface area contributed by atoms with Gasteiger partial charge in [0.1, 0.15) is 0 Å². The third-order valence-electron chi connectivity index (χ3n) is 2.07. The van der Waals surface area contributed by atoms with Crippen LogP contribution < -0.4 is 5.73 Å². The van der Waals surface area contributed by atoms with E-state index in [1.165, 1.54) is 7.11 Å². The predicted molar refractivity (Wildman–Crippen MR) is 61.6 cm³/mol. The van der Waals surface area contributed by atoms with Crippen molar-refractivity contribution in [1.29, 1.82) is 0 Å². The first-order chi connectivity index (χ1) is 7.11. The second kappa shape index (κ2) is 8.44. The molecule has 0 heterocycles. The van der Waals surface area contributed by atoms with E-state index in [1.54, 1.807) is 0 Å². The molecule has 0 amide bonds. The molecule has 15 heavy (non-hydrogen) atoms. The monoisotopic (exact) mass is 214 g/mol. The fourth-order valence-corrected chi connectivity index (χ4v) is 1.16. The molecule has 0 spiro atoms. The Balaban J connectivity index is 4.17. The van der Waals surface area contributed by atoms with Gasteiger partial charge in [-0.25, -0.2) is 4.79 Å². The van der Waals surface area contributed by atoms with Gasteiger partial charge in [-0.15, -0.1) is 0 Å². The number of allylic oxidation sites excluding steroid dienone is 1. The molecule has 88 valence electrons. The minimum absolute atomic E-state index is 0.228. The summed E-state index contributed by atoms with van der Waals surface area (Å²) >= 11 is 0. The highest BCUT2D eigenvalue weighted by atomic mass is 16.5. The maximum atomic E-state index is 11.4. The Hall–Kier alpha value is -0.870.